The number of carbonyl (C=O) groups excluding carboxylic acids is 1. The van der Waals surface area contributed by atoms with E-state index in [-0.39, 0.29) is 5.91 Å². The summed E-state index contributed by atoms with van der Waals surface area (Å²) in [5.74, 6) is -1.80. The number of carboxylic acids is 1. The quantitative estimate of drug-likeness (QED) is 0.907. The summed E-state index contributed by atoms with van der Waals surface area (Å²) in [6.07, 6.45) is 2.70. The van der Waals surface area contributed by atoms with Crippen molar-refractivity contribution < 1.29 is 14.7 Å². The SMILES string of the molecule is O=C(O)[C@@H]1CC[C@H]1C(=O)Nc1ccnn1-c1cccc(Cl)c1. The molecule has 2 atom stereocenters. The lowest BCUT2D eigenvalue weighted by Crippen LogP contribution is -2.41. The van der Waals surface area contributed by atoms with Gasteiger partial charge in [-0.25, -0.2) is 4.68 Å². The molecule has 6 nitrogen and oxygen atoms in total. The van der Waals surface area contributed by atoms with Crippen LogP contribution in [0.3, 0.4) is 0 Å². The van der Waals surface area contributed by atoms with E-state index < -0.39 is 17.8 Å². The second-order valence-electron chi connectivity index (χ2n) is 5.23. The summed E-state index contributed by atoms with van der Waals surface area (Å²) in [7, 11) is 0. The van der Waals surface area contributed by atoms with Gasteiger partial charge < -0.3 is 10.4 Å². The lowest BCUT2D eigenvalue weighted by molar-refractivity contribution is -0.151. The molecule has 114 valence electrons. The molecule has 0 saturated heterocycles. The molecule has 3 rings (SSSR count). The highest BCUT2D eigenvalue weighted by Crippen LogP contribution is 2.35. The van der Waals surface area contributed by atoms with Gasteiger partial charge in [0.25, 0.3) is 0 Å². The Kier molecular flexibility index (Phi) is 3.85. The number of aliphatic carboxylic acids is 1. The van der Waals surface area contributed by atoms with Crippen LogP contribution in [0.4, 0.5) is 5.82 Å². The normalized spacial score (nSPS) is 20.2. The molecule has 0 spiro atoms. The summed E-state index contributed by atoms with van der Waals surface area (Å²) in [4.78, 5) is 23.2. The minimum absolute atomic E-state index is 0.289. The Labute approximate surface area is 131 Å². The lowest BCUT2D eigenvalue weighted by Gasteiger charge is -2.31. The van der Waals surface area contributed by atoms with Crippen molar-refractivity contribution in [2.24, 2.45) is 11.8 Å². The zero-order valence-corrected chi connectivity index (χ0v) is 12.3. The number of carboxylic acid groups (broad SMARTS) is 1. The first-order chi connectivity index (χ1) is 10.6. The van der Waals surface area contributed by atoms with Crippen LogP contribution in [-0.4, -0.2) is 26.8 Å². The topological polar surface area (TPSA) is 84.2 Å². The van der Waals surface area contributed by atoms with Gasteiger partial charge >= 0.3 is 5.97 Å². The number of carbonyl (C=O) groups is 2. The summed E-state index contributed by atoms with van der Waals surface area (Å²) >= 11 is 5.96. The molecule has 1 aromatic heterocycles. The summed E-state index contributed by atoms with van der Waals surface area (Å²) < 4.78 is 1.55. The standard InChI is InChI=1S/C15H14ClN3O3/c16-9-2-1-3-10(8-9)19-13(6-7-17-19)18-14(20)11-4-5-12(11)15(21)22/h1-3,6-8,11-12H,4-5H2,(H,18,20)(H,21,22)/t11-,12-/m1/s1. The Balaban J connectivity index is 1.78. The molecule has 0 bridgehead atoms. The zero-order valence-electron chi connectivity index (χ0n) is 11.6. The van der Waals surface area contributed by atoms with Crippen LogP contribution < -0.4 is 5.32 Å². The van der Waals surface area contributed by atoms with Crippen molar-refractivity contribution in [1.82, 2.24) is 9.78 Å². The van der Waals surface area contributed by atoms with Gasteiger partial charge in [-0.1, -0.05) is 17.7 Å². The molecular formula is C15H14ClN3O3. The third-order valence-electron chi connectivity index (χ3n) is 3.88. The van der Waals surface area contributed by atoms with Gasteiger partial charge in [-0.3, -0.25) is 9.59 Å². The van der Waals surface area contributed by atoms with Gasteiger partial charge in [0, 0.05) is 11.1 Å². The molecule has 7 heteroatoms. The van der Waals surface area contributed by atoms with Crippen molar-refractivity contribution in [3.05, 3.63) is 41.6 Å². The van der Waals surface area contributed by atoms with E-state index in [1.807, 2.05) is 6.07 Å². The van der Waals surface area contributed by atoms with Crippen molar-refractivity contribution in [2.45, 2.75) is 12.8 Å². The average Bonchev–Trinajstić information content (AvgIpc) is 2.84. The van der Waals surface area contributed by atoms with E-state index in [1.165, 1.54) is 0 Å². The molecule has 1 saturated carbocycles. The predicted molar refractivity (Wildman–Crippen MR) is 81.1 cm³/mol. The summed E-state index contributed by atoms with van der Waals surface area (Å²) in [6, 6.07) is 8.74. The molecule has 1 aliphatic carbocycles. The fraction of sp³-hybridized carbons (Fsp3) is 0.267. The molecule has 1 aromatic carbocycles. The first-order valence-corrected chi connectivity index (χ1v) is 7.27. The van der Waals surface area contributed by atoms with Crippen LogP contribution in [0.25, 0.3) is 5.69 Å². The van der Waals surface area contributed by atoms with Crippen LogP contribution in [-0.2, 0) is 9.59 Å². The van der Waals surface area contributed by atoms with Gasteiger partial charge in [0.05, 0.1) is 23.7 Å². The summed E-state index contributed by atoms with van der Waals surface area (Å²) in [6.45, 7) is 0. The molecule has 22 heavy (non-hydrogen) atoms. The number of hydrogen-bond donors (Lipinski definition) is 2. The van der Waals surface area contributed by atoms with Gasteiger partial charge in [0.1, 0.15) is 5.82 Å². The van der Waals surface area contributed by atoms with E-state index in [2.05, 4.69) is 10.4 Å². The van der Waals surface area contributed by atoms with Gasteiger partial charge in [0.2, 0.25) is 5.91 Å². The monoisotopic (exact) mass is 319 g/mol. The average molecular weight is 320 g/mol. The number of anilines is 1. The summed E-state index contributed by atoms with van der Waals surface area (Å²) in [5, 5.41) is 16.5. The van der Waals surface area contributed by atoms with Crippen LogP contribution in [0, 0.1) is 11.8 Å². The smallest absolute Gasteiger partial charge is 0.307 e. The minimum Gasteiger partial charge on any atom is -0.481 e. The van der Waals surface area contributed by atoms with Crippen molar-refractivity contribution in [3.8, 4) is 5.69 Å². The van der Waals surface area contributed by atoms with Crippen LogP contribution in [0.1, 0.15) is 12.8 Å². The number of nitrogens with one attached hydrogen (secondary N) is 1. The maximum Gasteiger partial charge on any atom is 0.307 e. The van der Waals surface area contributed by atoms with Crippen molar-refractivity contribution in [2.75, 3.05) is 5.32 Å². The third kappa shape index (κ3) is 2.69. The first kappa shape index (κ1) is 14.6. The highest BCUT2D eigenvalue weighted by Gasteiger charge is 2.41. The van der Waals surface area contributed by atoms with Crippen LogP contribution in [0.5, 0.6) is 0 Å². The van der Waals surface area contributed by atoms with E-state index in [0.717, 1.165) is 5.69 Å². The number of nitrogens with zero attached hydrogens (tertiary/aromatic N) is 2. The highest BCUT2D eigenvalue weighted by molar-refractivity contribution is 6.30. The third-order valence-corrected chi connectivity index (χ3v) is 4.11. The zero-order chi connectivity index (χ0) is 15.7. The predicted octanol–water partition coefficient (Wildman–Crippen LogP) is 2.58. The molecule has 1 fully saturated rings. The maximum atomic E-state index is 12.2. The molecule has 1 aliphatic rings. The van der Waals surface area contributed by atoms with Gasteiger partial charge in [-0.15, -0.1) is 0 Å². The molecule has 1 heterocycles. The van der Waals surface area contributed by atoms with Crippen molar-refractivity contribution >= 4 is 29.3 Å². The van der Waals surface area contributed by atoms with E-state index in [0.29, 0.717) is 23.7 Å². The number of halogens is 1. The Morgan fingerprint density at radius 2 is 2.05 bits per heavy atom. The van der Waals surface area contributed by atoms with E-state index in [9.17, 15) is 9.59 Å². The maximum absolute atomic E-state index is 12.2. The van der Waals surface area contributed by atoms with Gasteiger partial charge in [0.15, 0.2) is 0 Å². The van der Waals surface area contributed by atoms with Crippen LogP contribution >= 0.6 is 11.6 Å². The minimum atomic E-state index is -0.922. The highest BCUT2D eigenvalue weighted by atomic mass is 35.5. The Morgan fingerprint density at radius 3 is 2.68 bits per heavy atom. The van der Waals surface area contributed by atoms with Crippen molar-refractivity contribution in [1.29, 1.82) is 0 Å². The second kappa shape index (κ2) is 5.81. The number of hydrogen-bond acceptors (Lipinski definition) is 3. The Morgan fingerprint density at radius 1 is 1.27 bits per heavy atom. The van der Waals surface area contributed by atoms with Gasteiger partial charge in [-0.2, -0.15) is 5.10 Å². The molecular weight excluding hydrogens is 306 g/mol. The van der Waals surface area contributed by atoms with E-state index >= 15 is 0 Å². The Hall–Kier alpha value is -2.34. The van der Waals surface area contributed by atoms with E-state index in [1.54, 1.807) is 35.1 Å². The van der Waals surface area contributed by atoms with Crippen molar-refractivity contribution in [3.63, 3.8) is 0 Å². The fourth-order valence-electron chi connectivity index (χ4n) is 2.54. The molecule has 0 unspecified atom stereocenters. The number of amides is 1. The largest absolute Gasteiger partial charge is 0.481 e. The second-order valence-corrected chi connectivity index (χ2v) is 5.66. The Bertz CT molecular complexity index is 728. The molecule has 0 radical (unpaired) electrons. The number of rotatable bonds is 4. The first-order valence-electron chi connectivity index (χ1n) is 6.90. The van der Waals surface area contributed by atoms with Crippen LogP contribution in [0.2, 0.25) is 5.02 Å². The molecule has 2 N–H and O–H groups in total. The lowest BCUT2D eigenvalue weighted by atomic mass is 9.73. The molecule has 2 aromatic rings. The summed E-state index contributed by atoms with van der Waals surface area (Å²) in [5.41, 5.74) is 0.719. The van der Waals surface area contributed by atoms with E-state index in [4.69, 9.17) is 16.7 Å². The molecule has 0 aliphatic heterocycles. The van der Waals surface area contributed by atoms with Crippen LogP contribution in [0.15, 0.2) is 36.5 Å². The number of benzene rings is 1. The molecule has 1 amide bonds. The fourth-order valence-corrected chi connectivity index (χ4v) is 2.72. The van der Waals surface area contributed by atoms with Gasteiger partial charge in [-0.05, 0) is 31.0 Å². The number of aromatic nitrogens is 2.